The Morgan fingerprint density at radius 3 is 2.72 bits per heavy atom. The van der Waals surface area contributed by atoms with Crippen LogP contribution in [-0.2, 0) is 9.59 Å². The van der Waals surface area contributed by atoms with E-state index in [4.69, 9.17) is 10.5 Å². The summed E-state index contributed by atoms with van der Waals surface area (Å²) in [7, 11) is 0. The summed E-state index contributed by atoms with van der Waals surface area (Å²) in [5.41, 5.74) is 5.40. The van der Waals surface area contributed by atoms with Gasteiger partial charge < -0.3 is 15.8 Å². The van der Waals surface area contributed by atoms with Gasteiger partial charge in [0.2, 0.25) is 5.91 Å². The van der Waals surface area contributed by atoms with Crippen molar-refractivity contribution < 1.29 is 14.3 Å². The van der Waals surface area contributed by atoms with Gasteiger partial charge in [0.05, 0.1) is 0 Å². The van der Waals surface area contributed by atoms with E-state index in [1.54, 1.807) is 6.92 Å². The quantitative estimate of drug-likeness (QED) is 0.878. The van der Waals surface area contributed by atoms with Gasteiger partial charge in [-0.1, -0.05) is 42.8 Å². The van der Waals surface area contributed by atoms with Crippen LogP contribution in [0.25, 0.3) is 10.8 Å². The second kappa shape index (κ2) is 7.55. The van der Waals surface area contributed by atoms with Crippen molar-refractivity contribution in [3.05, 3.63) is 42.5 Å². The highest BCUT2D eigenvalue weighted by atomic mass is 16.5. The van der Waals surface area contributed by atoms with Crippen LogP contribution in [0.1, 0.15) is 32.6 Å². The Hall–Kier alpha value is -2.56. The minimum absolute atomic E-state index is 0.0164. The van der Waals surface area contributed by atoms with Crippen molar-refractivity contribution in [2.75, 3.05) is 0 Å². The Kier molecular flexibility index (Phi) is 5.22. The smallest absolute Gasteiger partial charge is 0.260 e. The van der Waals surface area contributed by atoms with Crippen LogP contribution in [0.4, 0.5) is 0 Å². The molecule has 3 atom stereocenters. The van der Waals surface area contributed by atoms with Crippen LogP contribution < -0.4 is 15.8 Å². The maximum Gasteiger partial charge on any atom is 0.260 e. The Morgan fingerprint density at radius 2 is 1.92 bits per heavy atom. The van der Waals surface area contributed by atoms with E-state index in [0.29, 0.717) is 12.2 Å². The predicted molar refractivity (Wildman–Crippen MR) is 97.1 cm³/mol. The molecule has 1 saturated carbocycles. The number of fused-ring (bicyclic) bond motifs is 1. The molecular formula is C20H24N2O3. The lowest BCUT2D eigenvalue weighted by molar-refractivity contribution is -0.129. The zero-order valence-electron chi connectivity index (χ0n) is 14.4. The lowest BCUT2D eigenvalue weighted by atomic mass is 9.85. The molecule has 0 unspecified atom stereocenters. The van der Waals surface area contributed by atoms with E-state index < -0.39 is 6.10 Å². The molecule has 2 aromatic carbocycles. The number of carbonyl (C=O) groups excluding carboxylic acids is 2. The van der Waals surface area contributed by atoms with Crippen molar-refractivity contribution in [2.24, 2.45) is 11.7 Å². The van der Waals surface area contributed by atoms with Gasteiger partial charge in [-0.25, -0.2) is 0 Å². The summed E-state index contributed by atoms with van der Waals surface area (Å²) in [6.45, 7) is 1.74. The fourth-order valence-corrected chi connectivity index (χ4v) is 3.44. The molecule has 1 aliphatic rings. The number of ether oxygens (including phenoxy) is 1. The van der Waals surface area contributed by atoms with Gasteiger partial charge in [0.15, 0.2) is 6.10 Å². The molecule has 0 aromatic heterocycles. The Balaban J connectivity index is 1.63. The van der Waals surface area contributed by atoms with E-state index in [1.165, 1.54) is 0 Å². The number of carbonyl (C=O) groups is 2. The van der Waals surface area contributed by atoms with Crippen molar-refractivity contribution in [1.29, 1.82) is 0 Å². The molecule has 0 bridgehead atoms. The maximum absolute atomic E-state index is 12.5. The first-order valence-corrected chi connectivity index (χ1v) is 8.78. The Bertz CT molecular complexity index is 769. The molecule has 0 spiro atoms. The molecular weight excluding hydrogens is 316 g/mol. The molecule has 3 rings (SSSR count). The number of nitrogens with two attached hydrogens (primary N) is 1. The zero-order chi connectivity index (χ0) is 17.8. The summed E-state index contributed by atoms with van der Waals surface area (Å²) in [4.78, 5) is 23.8. The zero-order valence-corrected chi connectivity index (χ0v) is 14.4. The molecule has 5 nitrogen and oxygen atoms in total. The van der Waals surface area contributed by atoms with Gasteiger partial charge in [0, 0.05) is 17.3 Å². The Morgan fingerprint density at radius 1 is 1.16 bits per heavy atom. The van der Waals surface area contributed by atoms with Crippen molar-refractivity contribution in [3.63, 3.8) is 0 Å². The SMILES string of the molecule is C[C@H](Oc1cccc2ccccc12)C(=O)N[C@@H]1CCC[C@H](C(N)=O)C1. The monoisotopic (exact) mass is 340 g/mol. The molecule has 2 aromatic rings. The molecule has 1 aliphatic carbocycles. The largest absolute Gasteiger partial charge is 0.480 e. The highest BCUT2D eigenvalue weighted by Crippen LogP contribution is 2.27. The summed E-state index contributed by atoms with van der Waals surface area (Å²) in [5.74, 6) is 0.106. The highest BCUT2D eigenvalue weighted by molar-refractivity contribution is 5.89. The van der Waals surface area contributed by atoms with Crippen LogP contribution in [0.3, 0.4) is 0 Å². The number of rotatable bonds is 5. The van der Waals surface area contributed by atoms with Gasteiger partial charge in [-0.2, -0.15) is 0 Å². The van der Waals surface area contributed by atoms with Gasteiger partial charge in [-0.15, -0.1) is 0 Å². The van der Waals surface area contributed by atoms with Crippen molar-refractivity contribution in [2.45, 2.75) is 44.8 Å². The third-order valence-corrected chi connectivity index (χ3v) is 4.85. The van der Waals surface area contributed by atoms with Gasteiger partial charge in [-0.05, 0) is 37.6 Å². The second-order valence-electron chi connectivity index (χ2n) is 6.71. The van der Waals surface area contributed by atoms with E-state index in [9.17, 15) is 9.59 Å². The first-order valence-electron chi connectivity index (χ1n) is 8.78. The molecule has 3 N–H and O–H groups in total. The van der Waals surface area contributed by atoms with E-state index in [1.807, 2.05) is 42.5 Å². The minimum Gasteiger partial charge on any atom is -0.480 e. The standard InChI is InChI=1S/C20H24N2O3/c1-13(20(24)22-16-9-4-8-15(12-16)19(21)23)25-18-11-5-7-14-6-2-3-10-17(14)18/h2-3,5-7,10-11,13,15-16H,4,8-9,12H2,1H3,(H2,21,23)(H,22,24)/t13-,15-,16+/m0/s1. The number of amides is 2. The fourth-order valence-electron chi connectivity index (χ4n) is 3.44. The summed E-state index contributed by atoms with van der Waals surface area (Å²) in [6.07, 6.45) is 2.58. The molecule has 0 heterocycles. The van der Waals surface area contributed by atoms with E-state index >= 15 is 0 Å². The van der Waals surface area contributed by atoms with Crippen LogP contribution >= 0.6 is 0 Å². The molecule has 5 heteroatoms. The third-order valence-electron chi connectivity index (χ3n) is 4.85. The molecule has 0 saturated heterocycles. The second-order valence-corrected chi connectivity index (χ2v) is 6.71. The minimum atomic E-state index is -0.611. The number of hydrogen-bond donors (Lipinski definition) is 2. The Labute approximate surface area is 147 Å². The average molecular weight is 340 g/mol. The number of benzene rings is 2. The van der Waals surface area contributed by atoms with Crippen LogP contribution in [0.2, 0.25) is 0 Å². The van der Waals surface area contributed by atoms with Crippen molar-refractivity contribution in [3.8, 4) is 5.75 Å². The maximum atomic E-state index is 12.5. The molecule has 0 radical (unpaired) electrons. The third kappa shape index (κ3) is 4.10. The first kappa shape index (κ1) is 17.3. The van der Waals surface area contributed by atoms with Crippen molar-refractivity contribution in [1.82, 2.24) is 5.32 Å². The van der Waals surface area contributed by atoms with Crippen LogP contribution in [0.15, 0.2) is 42.5 Å². The summed E-state index contributed by atoms with van der Waals surface area (Å²) < 4.78 is 5.90. The molecule has 25 heavy (non-hydrogen) atoms. The molecule has 0 aliphatic heterocycles. The van der Waals surface area contributed by atoms with Crippen LogP contribution in [0.5, 0.6) is 5.75 Å². The lowest BCUT2D eigenvalue weighted by Gasteiger charge is -2.29. The van der Waals surface area contributed by atoms with E-state index in [2.05, 4.69) is 5.32 Å². The van der Waals surface area contributed by atoms with Gasteiger partial charge >= 0.3 is 0 Å². The van der Waals surface area contributed by atoms with Gasteiger partial charge in [0.1, 0.15) is 5.75 Å². The molecule has 132 valence electrons. The summed E-state index contributed by atoms with van der Waals surface area (Å²) in [5, 5.41) is 5.06. The summed E-state index contributed by atoms with van der Waals surface area (Å²) >= 11 is 0. The first-order chi connectivity index (χ1) is 12.0. The van der Waals surface area contributed by atoms with Crippen molar-refractivity contribution >= 4 is 22.6 Å². The predicted octanol–water partition coefficient (Wildman–Crippen LogP) is 2.77. The highest BCUT2D eigenvalue weighted by Gasteiger charge is 2.28. The number of nitrogens with one attached hydrogen (secondary N) is 1. The normalized spacial score (nSPS) is 21.5. The summed E-state index contributed by atoms with van der Waals surface area (Å²) in [6, 6.07) is 13.7. The average Bonchev–Trinajstić information content (AvgIpc) is 2.62. The molecule has 1 fully saturated rings. The lowest BCUT2D eigenvalue weighted by Crippen LogP contribution is -2.45. The number of primary amides is 1. The fraction of sp³-hybridized carbons (Fsp3) is 0.400. The van der Waals surface area contributed by atoms with Gasteiger partial charge in [-0.3, -0.25) is 9.59 Å². The van der Waals surface area contributed by atoms with Gasteiger partial charge in [0.25, 0.3) is 5.91 Å². The van der Waals surface area contributed by atoms with Crippen LogP contribution in [0, 0.1) is 5.92 Å². The van der Waals surface area contributed by atoms with Crippen LogP contribution in [-0.4, -0.2) is 24.0 Å². The topological polar surface area (TPSA) is 81.4 Å². The van der Waals surface area contributed by atoms with E-state index in [0.717, 1.165) is 30.0 Å². The molecule has 2 amide bonds. The van der Waals surface area contributed by atoms with E-state index in [-0.39, 0.29) is 23.8 Å². The number of hydrogen-bond acceptors (Lipinski definition) is 3.